The minimum Gasteiger partial charge on any atom is -0.494 e. The number of hydrogen-bond acceptors (Lipinski definition) is 5. The highest BCUT2D eigenvalue weighted by Crippen LogP contribution is 2.25. The highest BCUT2D eigenvalue weighted by molar-refractivity contribution is 7.94. The molecule has 0 fully saturated rings. The predicted molar refractivity (Wildman–Crippen MR) is 79.7 cm³/mol. The van der Waals surface area contributed by atoms with Crippen molar-refractivity contribution in [2.45, 2.75) is 11.1 Å². The third-order valence-corrected chi connectivity index (χ3v) is 5.40. The van der Waals surface area contributed by atoms with E-state index in [1.807, 2.05) is 6.92 Å². The van der Waals surface area contributed by atoms with Gasteiger partial charge in [0, 0.05) is 6.07 Å². The van der Waals surface area contributed by atoms with Crippen LogP contribution in [0.15, 0.2) is 40.6 Å². The van der Waals surface area contributed by atoms with Crippen LogP contribution in [0.1, 0.15) is 16.6 Å². The molecule has 8 heteroatoms. The monoisotopic (exact) mass is 327 g/mol. The van der Waals surface area contributed by atoms with Crippen molar-refractivity contribution in [3.63, 3.8) is 0 Å². The van der Waals surface area contributed by atoms with Gasteiger partial charge in [0.2, 0.25) is 0 Å². The number of thiophene rings is 1. The van der Waals surface area contributed by atoms with Crippen LogP contribution in [0.3, 0.4) is 0 Å². The fourth-order valence-electron chi connectivity index (χ4n) is 1.60. The van der Waals surface area contributed by atoms with Gasteiger partial charge in [-0.3, -0.25) is 4.72 Å². The van der Waals surface area contributed by atoms with Crippen molar-refractivity contribution < 1.29 is 23.1 Å². The molecule has 0 saturated heterocycles. The van der Waals surface area contributed by atoms with Gasteiger partial charge in [0.1, 0.15) is 14.8 Å². The quantitative estimate of drug-likeness (QED) is 0.851. The number of carboxylic acids is 1. The standard InChI is InChI=1S/C13H13NO5S2/c1-2-19-10-5-3-4-9(8-10)14-21(17,18)12-7-6-11(20-12)13(15)16/h3-8,14H,2H2,1H3,(H,15,16). The van der Waals surface area contributed by atoms with Gasteiger partial charge in [-0.05, 0) is 31.2 Å². The second kappa shape index (κ2) is 6.15. The van der Waals surface area contributed by atoms with Crippen molar-refractivity contribution >= 4 is 33.0 Å². The molecule has 1 aromatic heterocycles. The fraction of sp³-hybridized carbons (Fsp3) is 0.154. The van der Waals surface area contributed by atoms with Gasteiger partial charge in [-0.1, -0.05) is 6.07 Å². The maximum atomic E-state index is 12.2. The van der Waals surface area contributed by atoms with Gasteiger partial charge in [-0.2, -0.15) is 0 Å². The van der Waals surface area contributed by atoms with Gasteiger partial charge >= 0.3 is 5.97 Å². The van der Waals surface area contributed by atoms with Crippen molar-refractivity contribution in [1.82, 2.24) is 0 Å². The number of aromatic carboxylic acids is 1. The van der Waals surface area contributed by atoms with Gasteiger partial charge < -0.3 is 9.84 Å². The number of hydrogen-bond donors (Lipinski definition) is 2. The molecule has 0 bridgehead atoms. The van der Waals surface area contributed by atoms with Crippen LogP contribution in [0.25, 0.3) is 0 Å². The van der Waals surface area contributed by atoms with E-state index in [0.717, 1.165) is 0 Å². The molecule has 0 unspecified atom stereocenters. The van der Waals surface area contributed by atoms with Crippen molar-refractivity contribution in [1.29, 1.82) is 0 Å². The van der Waals surface area contributed by atoms with Crippen molar-refractivity contribution in [2.75, 3.05) is 11.3 Å². The summed E-state index contributed by atoms with van der Waals surface area (Å²) in [6.45, 7) is 2.30. The lowest BCUT2D eigenvalue weighted by atomic mass is 10.3. The summed E-state index contributed by atoms with van der Waals surface area (Å²) in [6, 6.07) is 9.06. The molecule has 0 spiro atoms. The number of rotatable bonds is 6. The van der Waals surface area contributed by atoms with Gasteiger partial charge in [0.05, 0.1) is 12.3 Å². The zero-order chi connectivity index (χ0) is 15.5. The van der Waals surface area contributed by atoms with Crippen LogP contribution in [0, 0.1) is 0 Å². The zero-order valence-corrected chi connectivity index (χ0v) is 12.7. The SMILES string of the molecule is CCOc1cccc(NS(=O)(=O)c2ccc(C(=O)O)s2)c1. The summed E-state index contributed by atoms with van der Waals surface area (Å²) < 4.78 is 32.0. The first kappa shape index (κ1) is 15.3. The molecule has 0 aliphatic heterocycles. The molecule has 2 rings (SSSR count). The van der Waals surface area contributed by atoms with Crippen LogP contribution in [0.2, 0.25) is 0 Å². The van der Waals surface area contributed by atoms with E-state index in [2.05, 4.69) is 4.72 Å². The Hall–Kier alpha value is -2.06. The summed E-state index contributed by atoms with van der Waals surface area (Å²) in [7, 11) is -3.81. The van der Waals surface area contributed by atoms with Gasteiger partial charge in [-0.15, -0.1) is 11.3 Å². The lowest BCUT2D eigenvalue weighted by Crippen LogP contribution is -2.11. The molecule has 0 saturated carbocycles. The number of carboxylic acid groups (broad SMARTS) is 1. The molecule has 112 valence electrons. The summed E-state index contributed by atoms with van der Waals surface area (Å²) in [5, 5.41) is 8.83. The molecule has 0 radical (unpaired) electrons. The zero-order valence-electron chi connectivity index (χ0n) is 11.1. The largest absolute Gasteiger partial charge is 0.494 e. The molecule has 1 heterocycles. The van der Waals surface area contributed by atoms with Crippen LogP contribution in [0.5, 0.6) is 5.75 Å². The number of carbonyl (C=O) groups is 1. The maximum Gasteiger partial charge on any atom is 0.345 e. The highest BCUT2D eigenvalue weighted by atomic mass is 32.2. The average molecular weight is 327 g/mol. The third kappa shape index (κ3) is 3.73. The van der Waals surface area contributed by atoms with Gasteiger partial charge in [-0.25, -0.2) is 13.2 Å². The number of sulfonamides is 1. The molecule has 2 N–H and O–H groups in total. The first-order chi connectivity index (χ1) is 9.92. The van der Waals surface area contributed by atoms with Gasteiger partial charge in [0.15, 0.2) is 0 Å². The molecule has 6 nitrogen and oxygen atoms in total. The Morgan fingerprint density at radius 3 is 2.71 bits per heavy atom. The molecule has 21 heavy (non-hydrogen) atoms. The fourth-order valence-corrected chi connectivity index (χ4v) is 3.80. The van der Waals surface area contributed by atoms with E-state index in [9.17, 15) is 13.2 Å². The number of benzene rings is 1. The summed E-state index contributed by atoms with van der Waals surface area (Å²) in [6.07, 6.45) is 0. The topological polar surface area (TPSA) is 92.7 Å². The molecular weight excluding hydrogens is 314 g/mol. The summed E-state index contributed by atoms with van der Waals surface area (Å²) in [4.78, 5) is 10.8. The molecule has 1 aromatic carbocycles. The number of anilines is 1. The van der Waals surface area contributed by atoms with Crippen molar-refractivity contribution in [3.05, 3.63) is 41.3 Å². The van der Waals surface area contributed by atoms with E-state index < -0.39 is 16.0 Å². The Labute approximate surface area is 126 Å². The smallest absolute Gasteiger partial charge is 0.345 e. The van der Waals surface area contributed by atoms with E-state index in [-0.39, 0.29) is 9.09 Å². The molecule has 0 aliphatic rings. The normalized spacial score (nSPS) is 11.1. The Balaban J connectivity index is 2.24. The highest BCUT2D eigenvalue weighted by Gasteiger charge is 2.19. The minimum absolute atomic E-state index is 0.0292. The second-order valence-corrected chi connectivity index (χ2v) is 6.98. The Kier molecular flexibility index (Phi) is 4.49. The number of ether oxygens (including phenoxy) is 1. The van der Waals surface area contributed by atoms with Crippen LogP contribution in [-0.2, 0) is 10.0 Å². The summed E-state index contributed by atoms with van der Waals surface area (Å²) >= 11 is 0.700. The lowest BCUT2D eigenvalue weighted by Gasteiger charge is -2.08. The van der Waals surface area contributed by atoms with Gasteiger partial charge in [0.25, 0.3) is 10.0 Å². The first-order valence-corrected chi connectivity index (χ1v) is 8.31. The van der Waals surface area contributed by atoms with Crippen LogP contribution in [0.4, 0.5) is 5.69 Å². The van der Waals surface area contributed by atoms with E-state index in [1.54, 1.807) is 24.3 Å². The molecule has 0 amide bonds. The maximum absolute atomic E-state index is 12.2. The Morgan fingerprint density at radius 2 is 2.10 bits per heavy atom. The number of nitrogens with one attached hydrogen (secondary N) is 1. The second-order valence-electron chi connectivity index (χ2n) is 3.99. The molecule has 2 aromatic rings. The van der Waals surface area contributed by atoms with Crippen LogP contribution in [-0.4, -0.2) is 26.1 Å². The molecule has 0 atom stereocenters. The average Bonchev–Trinajstić information content (AvgIpc) is 2.89. The third-order valence-electron chi connectivity index (χ3n) is 2.45. The van der Waals surface area contributed by atoms with Crippen LogP contribution >= 0.6 is 11.3 Å². The minimum atomic E-state index is -3.81. The van der Waals surface area contributed by atoms with Crippen molar-refractivity contribution in [3.8, 4) is 5.75 Å². The Morgan fingerprint density at radius 1 is 1.33 bits per heavy atom. The predicted octanol–water partition coefficient (Wildman–Crippen LogP) is 2.65. The van der Waals surface area contributed by atoms with E-state index >= 15 is 0 Å². The van der Waals surface area contributed by atoms with Crippen molar-refractivity contribution in [2.24, 2.45) is 0 Å². The summed E-state index contributed by atoms with van der Waals surface area (Å²) in [5.41, 5.74) is 0.353. The van der Waals surface area contributed by atoms with E-state index in [1.165, 1.54) is 12.1 Å². The Bertz CT molecular complexity index is 751. The first-order valence-electron chi connectivity index (χ1n) is 6.01. The molecular formula is C13H13NO5S2. The molecule has 0 aliphatic carbocycles. The van der Waals surface area contributed by atoms with E-state index in [0.29, 0.717) is 29.4 Å². The van der Waals surface area contributed by atoms with Crippen LogP contribution < -0.4 is 9.46 Å². The lowest BCUT2D eigenvalue weighted by molar-refractivity contribution is 0.0702. The summed E-state index contributed by atoms with van der Waals surface area (Å²) in [5.74, 6) is -0.602. The van der Waals surface area contributed by atoms with E-state index in [4.69, 9.17) is 9.84 Å².